The Balaban J connectivity index is 4.30. The van der Waals surface area contributed by atoms with Crippen LogP contribution in [0.25, 0.3) is 0 Å². The molecular formula is C41H78O6. The highest BCUT2D eigenvalue weighted by Gasteiger charge is 2.19. The summed E-state index contributed by atoms with van der Waals surface area (Å²) in [4.78, 5) is 37.3. The van der Waals surface area contributed by atoms with Crippen molar-refractivity contribution in [2.75, 3.05) is 13.2 Å². The molecular weight excluding hydrogens is 588 g/mol. The molecule has 0 heterocycles. The van der Waals surface area contributed by atoms with Gasteiger partial charge in [-0.3, -0.25) is 14.4 Å². The van der Waals surface area contributed by atoms with E-state index >= 15 is 0 Å². The first-order valence-corrected chi connectivity index (χ1v) is 20.2. The number of carbonyl (C=O) groups is 3. The molecule has 0 unspecified atom stereocenters. The molecule has 0 amide bonds. The highest BCUT2D eigenvalue weighted by Crippen LogP contribution is 2.15. The van der Waals surface area contributed by atoms with Crippen LogP contribution in [-0.2, 0) is 28.6 Å². The molecule has 0 aromatic rings. The maximum absolute atomic E-state index is 12.6. The second-order valence-electron chi connectivity index (χ2n) is 14.9. The lowest BCUT2D eigenvalue weighted by molar-refractivity contribution is -0.167. The summed E-state index contributed by atoms with van der Waals surface area (Å²) in [6.07, 6.45) is 29.7. The first-order valence-electron chi connectivity index (χ1n) is 20.2. The summed E-state index contributed by atoms with van der Waals surface area (Å²) in [6, 6.07) is 0. The van der Waals surface area contributed by atoms with Crippen molar-refractivity contribution in [2.45, 2.75) is 221 Å². The third kappa shape index (κ3) is 35.5. The Bertz CT molecular complexity index is 719. The molecule has 0 aliphatic carbocycles. The summed E-state index contributed by atoms with van der Waals surface area (Å²) in [7, 11) is 0. The molecule has 0 aromatic heterocycles. The number of rotatable bonds is 35. The fourth-order valence-corrected chi connectivity index (χ4v) is 5.87. The molecule has 0 bridgehead atoms. The number of unbranched alkanes of at least 4 members (excludes halogenated alkanes) is 20. The molecule has 0 radical (unpaired) electrons. The van der Waals surface area contributed by atoms with Gasteiger partial charge in [-0.15, -0.1) is 0 Å². The van der Waals surface area contributed by atoms with E-state index in [2.05, 4.69) is 34.6 Å². The quantitative estimate of drug-likeness (QED) is 0.0380. The first kappa shape index (κ1) is 45.4. The average molecular weight is 667 g/mol. The molecule has 0 aliphatic rings. The second-order valence-corrected chi connectivity index (χ2v) is 14.9. The van der Waals surface area contributed by atoms with Crippen LogP contribution in [0.15, 0.2) is 0 Å². The van der Waals surface area contributed by atoms with Gasteiger partial charge in [0.15, 0.2) is 6.10 Å². The Morgan fingerprint density at radius 3 is 1.04 bits per heavy atom. The van der Waals surface area contributed by atoms with Crippen molar-refractivity contribution >= 4 is 17.9 Å². The molecule has 6 heteroatoms. The highest BCUT2D eigenvalue weighted by atomic mass is 16.6. The van der Waals surface area contributed by atoms with Gasteiger partial charge < -0.3 is 14.2 Å². The molecule has 0 rings (SSSR count). The van der Waals surface area contributed by atoms with Gasteiger partial charge in [0.05, 0.1) is 0 Å². The summed E-state index contributed by atoms with van der Waals surface area (Å²) in [5.74, 6) is 0.702. The first-order chi connectivity index (χ1) is 22.7. The van der Waals surface area contributed by atoms with Gasteiger partial charge in [-0.05, 0) is 31.1 Å². The molecule has 0 spiro atoms. The van der Waals surface area contributed by atoms with Crippen molar-refractivity contribution in [2.24, 2.45) is 11.8 Å². The Labute approximate surface area is 291 Å². The largest absolute Gasteiger partial charge is 0.462 e. The van der Waals surface area contributed by atoms with Crippen molar-refractivity contribution < 1.29 is 28.6 Å². The van der Waals surface area contributed by atoms with Gasteiger partial charge in [0.2, 0.25) is 0 Å². The standard InChI is InChI=1S/C41H78O6/c1-6-7-8-9-14-21-26-31-39(42)45-34-38(47-41(44)33-28-23-18-17-20-25-30-37(4)5)35-46-40(43)32-27-22-16-13-11-10-12-15-19-24-29-36(2)3/h36-38H,6-35H2,1-5H3/t38-/m0/s1. The van der Waals surface area contributed by atoms with Gasteiger partial charge in [0.25, 0.3) is 0 Å². The van der Waals surface area contributed by atoms with Crippen LogP contribution >= 0.6 is 0 Å². The topological polar surface area (TPSA) is 78.9 Å². The maximum atomic E-state index is 12.6. The van der Waals surface area contributed by atoms with Gasteiger partial charge in [0.1, 0.15) is 13.2 Å². The number of hydrogen-bond acceptors (Lipinski definition) is 6. The SMILES string of the molecule is CCCCCCCCCC(=O)OC[C@@H](COC(=O)CCCCCCCCCCCCC(C)C)OC(=O)CCCCCCCCC(C)C. The van der Waals surface area contributed by atoms with Gasteiger partial charge in [-0.2, -0.15) is 0 Å². The highest BCUT2D eigenvalue weighted by molar-refractivity contribution is 5.71. The molecule has 0 aliphatic heterocycles. The molecule has 0 N–H and O–H groups in total. The van der Waals surface area contributed by atoms with Crippen molar-refractivity contribution in [3.63, 3.8) is 0 Å². The summed E-state index contributed by atoms with van der Waals surface area (Å²) in [5.41, 5.74) is 0. The average Bonchev–Trinajstić information content (AvgIpc) is 3.03. The van der Waals surface area contributed by atoms with Gasteiger partial charge in [0, 0.05) is 19.3 Å². The van der Waals surface area contributed by atoms with E-state index in [9.17, 15) is 14.4 Å². The third-order valence-electron chi connectivity index (χ3n) is 8.97. The monoisotopic (exact) mass is 667 g/mol. The molecule has 278 valence electrons. The second kappa shape index (κ2) is 34.3. The number of esters is 3. The van der Waals surface area contributed by atoms with Gasteiger partial charge in [-0.1, -0.05) is 176 Å². The van der Waals surface area contributed by atoms with Crippen LogP contribution in [0.4, 0.5) is 0 Å². The molecule has 0 aromatic carbocycles. The van der Waals surface area contributed by atoms with Crippen molar-refractivity contribution in [3.05, 3.63) is 0 Å². The number of carbonyl (C=O) groups excluding carboxylic acids is 3. The van der Waals surface area contributed by atoms with Crippen LogP contribution in [0, 0.1) is 11.8 Å². The van der Waals surface area contributed by atoms with E-state index in [0.717, 1.165) is 69.6 Å². The normalized spacial score (nSPS) is 12.1. The lowest BCUT2D eigenvalue weighted by Gasteiger charge is -2.18. The van der Waals surface area contributed by atoms with Crippen LogP contribution in [0.2, 0.25) is 0 Å². The molecule has 0 saturated heterocycles. The summed E-state index contributed by atoms with van der Waals surface area (Å²) >= 11 is 0. The van der Waals surface area contributed by atoms with Crippen molar-refractivity contribution in [1.82, 2.24) is 0 Å². The van der Waals surface area contributed by atoms with E-state index in [0.29, 0.717) is 19.3 Å². The minimum absolute atomic E-state index is 0.0672. The fraction of sp³-hybridized carbons (Fsp3) is 0.927. The Morgan fingerprint density at radius 1 is 0.404 bits per heavy atom. The smallest absolute Gasteiger partial charge is 0.306 e. The minimum Gasteiger partial charge on any atom is -0.462 e. The van der Waals surface area contributed by atoms with Crippen LogP contribution < -0.4 is 0 Å². The zero-order valence-electron chi connectivity index (χ0n) is 31.9. The van der Waals surface area contributed by atoms with Crippen molar-refractivity contribution in [1.29, 1.82) is 0 Å². The lowest BCUT2D eigenvalue weighted by Crippen LogP contribution is -2.30. The van der Waals surface area contributed by atoms with Gasteiger partial charge in [-0.25, -0.2) is 0 Å². The van der Waals surface area contributed by atoms with Gasteiger partial charge >= 0.3 is 17.9 Å². The summed E-state index contributed by atoms with van der Waals surface area (Å²) in [5, 5.41) is 0. The number of ether oxygens (including phenoxy) is 3. The Morgan fingerprint density at radius 2 is 0.702 bits per heavy atom. The van der Waals surface area contributed by atoms with E-state index in [1.807, 2.05) is 0 Å². The predicted molar refractivity (Wildman–Crippen MR) is 196 cm³/mol. The van der Waals surface area contributed by atoms with E-state index in [1.54, 1.807) is 0 Å². The van der Waals surface area contributed by atoms with Crippen LogP contribution in [-0.4, -0.2) is 37.2 Å². The zero-order valence-corrected chi connectivity index (χ0v) is 31.9. The lowest BCUT2D eigenvalue weighted by atomic mass is 10.0. The number of hydrogen-bond donors (Lipinski definition) is 0. The maximum Gasteiger partial charge on any atom is 0.306 e. The molecule has 6 nitrogen and oxygen atoms in total. The van der Waals surface area contributed by atoms with Crippen LogP contribution in [0.5, 0.6) is 0 Å². The van der Waals surface area contributed by atoms with Crippen LogP contribution in [0.3, 0.4) is 0 Å². The fourth-order valence-electron chi connectivity index (χ4n) is 5.87. The van der Waals surface area contributed by atoms with E-state index in [-0.39, 0.29) is 31.1 Å². The van der Waals surface area contributed by atoms with E-state index < -0.39 is 6.10 Å². The molecule has 0 saturated carbocycles. The van der Waals surface area contributed by atoms with Crippen LogP contribution in [0.1, 0.15) is 214 Å². The minimum atomic E-state index is -0.758. The van der Waals surface area contributed by atoms with E-state index in [4.69, 9.17) is 14.2 Å². The molecule has 0 fully saturated rings. The van der Waals surface area contributed by atoms with E-state index in [1.165, 1.54) is 103 Å². The molecule has 47 heavy (non-hydrogen) atoms. The predicted octanol–water partition coefficient (Wildman–Crippen LogP) is 12.2. The molecule has 1 atom stereocenters. The summed E-state index contributed by atoms with van der Waals surface area (Å²) < 4.78 is 16.6. The Kier molecular flexibility index (Phi) is 33.1. The third-order valence-corrected chi connectivity index (χ3v) is 8.97. The summed E-state index contributed by atoms with van der Waals surface area (Å²) in [6.45, 7) is 11.2. The Hall–Kier alpha value is -1.59. The van der Waals surface area contributed by atoms with Crippen molar-refractivity contribution in [3.8, 4) is 0 Å². The zero-order chi connectivity index (χ0) is 34.8.